The Kier molecular flexibility index (Phi) is 4.98. The number of fused-ring (bicyclic) bond motifs is 1. The van der Waals surface area contributed by atoms with Crippen molar-refractivity contribution in [1.82, 2.24) is 0 Å². The standard InChI is InChI=1S/C16H13ClF2O3/c1-2-21-15(20)10-14(16(17,18)19)22-13-9-5-7-11-6-3-4-8-12(11)13/h3-10H,2H2,1H3/b14-10-. The highest BCUT2D eigenvalue weighted by atomic mass is 35.5. The molecule has 0 fully saturated rings. The molecule has 0 saturated carbocycles. The number of carbonyl (C=O) groups is 1. The van der Waals surface area contributed by atoms with Gasteiger partial charge in [0.25, 0.3) is 0 Å². The van der Waals surface area contributed by atoms with E-state index in [1.807, 2.05) is 18.2 Å². The zero-order valence-electron chi connectivity index (χ0n) is 11.7. The van der Waals surface area contributed by atoms with Crippen LogP contribution in [0.25, 0.3) is 10.8 Å². The van der Waals surface area contributed by atoms with Gasteiger partial charge < -0.3 is 9.47 Å². The maximum Gasteiger partial charge on any atom is 0.380 e. The summed E-state index contributed by atoms with van der Waals surface area (Å²) in [5.74, 6) is -1.75. The third kappa shape index (κ3) is 3.95. The van der Waals surface area contributed by atoms with E-state index in [-0.39, 0.29) is 12.4 Å². The van der Waals surface area contributed by atoms with Crippen LogP contribution in [0, 0.1) is 0 Å². The van der Waals surface area contributed by atoms with Gasteiger partial charge in [-0.2, -0.15) is 8.78 Å². The van der Waals surface area contributed by atoms with Crippen LogP contribution < -0.4 is 4.74 Å². The molecular weight excluding hydrogens is 314 g/mol. The van der Waals surface area contributed by atoms with E-state index >= 15 is 0 Å². The summed E-state index contributed by atoms with van der Waals surface area (Å²) >= 11 is 5.01. The van der Waals surface area contributed by atoms with E-state index < -0.39 is 17.1 Å². The summed E-state index contributed by atoms with van der Waals surface area (Å²) in [7, 11) is 0. The second-order valence-corrected chi connectivity index (χ2v) is 4.81. The number of allylic oxidation sites excluding steroid dienone is 1. The van der Waals surface area contributed by atoms with Crippen LogP contribution in [-0.2, 0) is 9.53 Å². The molecule has 0 heterocycles. The van der Waals surface area contributed by atoms with Crippen LogP contribution in [0.15, 0.2) is 54.3 Å². The fraction of sp³-hybridized carbons (Fsp3) is 0.188. The lowest BCUT2D eigenvalue weighted by Crippen LogP contribution is -2.18. The molecule has 0 aliphatic rings. The van der Waals surface area contributed by atoms with Crippen LogP contribution in [0.5, 0.6) is 5.75 Å². The Morgan fingerprint density at radius 2 is 1.91 bits per heavy atom. The van der Waals surface area contributed by atoms with Gasteiger partial charge in [0.15, 0.2) is 5.76 Å². The van der Waals surface area contributed by atoms with Crippen molar-refractivity contribution < 1.29 is 23.0 Å². The highest BCUT2D eigenvalue weighted by molar-refractivity contribution is 6.23. The number of hydrogen-bond acceptors (Lipinski definition) is 3. The smallest absolute Gasteiger partial charge is 0.380 e. The Bertz CT molecular complexity index is 703. The average Bonchev–Trinajstić information content (AvgIpc) is 2.46. The molecule has 0 aromatic heterocycles. The van der Waals surface area contributed by atoms with Crippen molar-refractivity contribution in [1.29, 1.82) is 0 Å². The number of alkyl halides is 3. The van der Waals surface area contributed by atoms with Crippen LogP contribution >= 0.6 is 11.6 Å². The molecule has 0 saturated heterocycles. The van der Waals surface area contributed by atoms with E-state index in [0.29, 0.717) is 11.5 Å². The number of carbonyl (C=O) groups excluding carboxylic acids is 1. The molecule has 2 aromatic rings. The van der Waals surface area contributed by atoms with Crippen molar-refractivity contribution in [3.63, 3.8) is 0 Å². The number of esters is 1. The summed E-state index contributed by atoms with van der Waals surface area (Å²) in [5, 5.41) is -2.39. The van der Waals surface area contributed by atoms with Crippen molar-refractivity contribution in [3.8, 4) is 5.75 Å². The lowest BCUT2D eigenvalue weighted by molar-refractivity contribution is -0.137. The van der Waals surface area contributed by atoms with Gasteiger partial charge in [0.1, 0.15) is 5.75 Å². The molecule has 2 rings (SSSR count). The van der Waals surface area contributed by atoms with Gasteiger partial charge in [-0.15, -0.1) is 0 Å². The van der Waals surface area contributed by atoms with Crippen LogP contribution in [-0.4, -0.2) is 18.0 Å². The van der Waals surface area contributed by atoms with Crippen LogP contribution in [0.3, 0.4) is 0 Å². The molecule has 0 spiro atoms. The van der Waals surface area contributed by atoms with Crippen LogP contribution in [0.2, 0.25) is 0 Å². The Hall–Kier alpha value is -2.14. The SMILES string of the molecule is CCOC(=O)/C=C(\Oc1cccc2ccccc12)C(F)(F)Cl. The Morgan fingerprint density at radius 1 is 1.23 bits per heavy atom. The van der Waals surface area contributed by atoms with Gasteiger partial charge >= 0.3 is 11.4 Å². The predicted molar refractivity (Wildman–Crippen MR) is 80.1 cm³/mol. The van der Waals surface area contributed by atoms with Gasteiger partial charge in [0, 0.05) is 5.39 Å². The predicted octanol–water partition coefficient (Wildman–Crippen LogP) is 4.50. The number of hydrogen-bond donors (Lipinski definition) is 0. The normalized spacial score (nSPS) is 12.3. The van der Waals surface area contributed by atoms with Crippen molar-refractivity contribution in [3.05, 3.63) is 54.3 Å². The molecule has 116 valence electrons. The number of halogens is 3. The highest BCUT2D eigenvalue weighted by Crippen LogP contribution is 2.34. The monoisotopic (exact) mass is 326 g/mol. The highest BCUT2D eigenvalue weighted by Gasteiger charge is 2.35. The Balaban J connectivity index is 2.40. The topological polar surface area (TPSA) is 35.5 Å². The molecule has 0 amide bonds. The van der Waals surface area contributed by atoms with Crippen LogP contribution in [0.4, 0.5) is 8.78 Å². The second kappa shape index (κ2) is 6.75. The van der Waals surface area contributed by atoms with Gasteiger partial charge in [0.2, 0.25) is 0 Å². The van der Waals surface area contributed by atoms with Gasteiger partial charge in [-0.3, -0.25) is 0 Å². The van der Waals surface area contributed by atoms with E-state index in [4.69, 9.17) is 16.3 Å². The van der Waals surface area contributed by atoms with E-state index in [0.717, 1.165) is 5.39 Å². The van der Waals surface area contributed by atoms with E-state index in [1.54, 1.807) is 25.1 Å². The molecule has 3 nitrogen and oxygen atoms in total. The minimum Gasteiger partial charge on any atom is -0.463 e. The number of ether oxygens (including phenoxy) is 2. The van der Waals surface area contributed by atoms with Gasteiger partial charge in [0.05, 0.1) is 12.7 Å². The molecular formula is C16H13ClF2O3. The first-order chi connectivity index (χ1) is 10.4. The third-order valence-corrected chi connectivity index (χ3v) is 2.97. The summed E-state index contributed by atoms with van der Waals surface area (Å²) in [6, 6.07) is 12.1. The van der Waals surface area contributed by atoms with Gasteiger partial charge in [-0.1, -0.05) is 36.4 Å². The molecule has 0 aliphatic heterocycles. The minimum absolute atomic E-state index is 0.0603. The lowest BCUT2D eigenvalue weighted by Gasteiger charge is -2.15. The van der Waals surface area contributed by atoms with Crippen molar-refractivity contribution in [2.75, 3.05) is 6.61 Å². The first-order valence-electron chi connectivity index (χ1n) is 6.53. The molecule has 0 atom stereocenters. The Labute approximate surface area is 131 Å². The second-order valence-electron chi connectivity index (χ2n) is 4.34. The van der Waals surface area contributed by atoms with Gasteiger partial charge in [-0.05, 0) is 30.0 Å². The first kappa shape index (κ1) is 16.2. The molecule has 0 aliphatic carbocycles. The van der Waals surface area contributed by atoms with Crippen molar-refractivity contribution in [2.45, 2.75) is 12.3 Å². The summed E-state index contributed by atoms with van der Waals surface area (Å²) in [6.45, 7) is 1.63. The average molecular weight is 327 g/mol. The fourth-order valence-corrected chi connectivity index (χ4v) is 1.96. The van der Waals surface area contributed by atoms with E-state index in [1.165, 1.54) is 6.07 Å². The van der Waals surface area contributed by atoms with E-state index in [9.17, 15) is 13.6 Å². The quantitative estimate of drug-likeness (QED) is 0.351. The van der Waals surface area contributed by atoms with Crippen molar-refractivity contribution >= 4 is 28.3 Å². The molecule has 2 aromatic carbocycles. The maximum atomic E-state index is 13.4. The third-order valence-electron chi connectivity index (χ3n) is 2.78. The summed E-state index contributed by atoms with van der Waals surface area (Å²) in [4.78, 5) is 11.4. The Morgan fingerprint density at radius 3 is 2.59 bits per heavy atom. The zero-order valence-corrected chi connectivity index (χ0v) is 12.4. The lowest BCUT2D eigenvalue weighted by atomic mass is 10.1. The number of rotatable bonds is 5. The zero-order chi connectivity index (χ0) is 16.2. The molecule has 0 radical (unpaired) electrons. The molecule has 22 heavy (non-hydrogen) atoms. The number of benzene rings is 2. The summed E-state index contributed by atoms with van der Waals surface area (Å²) in [6.07, 6.45) is 0.554. The minimum atomic E-state index is -3.83. The van der Waals surface area contributed by atoms with Crippen molar-refractivity contribution in [2.24, 2.45) is 0 Å². The van der Waals surface area contributed by atoms with Gasteiger partial charge in [-0.25, -0.2) is 4.79 Å². The fourth-order valence-electron chi connectivity index (χ4n) is 1.86. The van der Waals surface area contributed by atoms with E-state index in [2.05, 4.69) is 4.74 Å². The van der Waals surface area contributed by atoms with Crippen LogP contribution in [0.1, 0.15) is 6.92 Å². The molecule has 0 unspecified atom stereocenters. The molecule has 6 heteroatoms. The summed E-state index contributed by atoms with van der Waals surface area (Å²) < 4.78 is 36.7. The molecule has 0 bridgehead atoms. The summed E-state index contributed by atoms with van der Waals surface area (Å²) in [5.41, 5.74) is 0. The first-order valence-corrected chi connectivity index (χ1v) is 6.91. The largest absolute Gasteiger partial charge is 0.463 e. The maximum absolute atomic E-state index is 13.4. The molecule has 0 N–H and O–H groups in total.